The van der Waals surface area contributed by atoms with Crippen LogP contribution in [-0.2, 0) is 17.8 Å². The van der Waals surface area contributed by atoms with Crippen molar-refractivity contribution < 1.29 is 4.74 Å². The third-order valence-corrected chi connectivity index (χ3v) is 5.03. The van der Waals surface area contributed by atoms with Gasteiger partial charge in [0.05, 0.1) is 6.10 Å². The Morgan fingerprint density at radius 2 is 2.04 bits per heavy atom. The number of aromatic nitrogens is 2. The molecule has 0 spiro atoms. The molecule has 8 heteroatoms. The van der Waals surface area contributed by atoms with E-state index in [2.05, 4.69) is 49.8 Å². The maximum atomic E-state index is 6.20. The molecule has 0 radical (unpaired) electrons. The van der Waals surface area contributed by atoms with Crippen LogP contribution in [0, 0.1) is 0 Å². The van der Waals surface area contributed by atoms with Crippen molar-refractivity contribution in [2.75, 3.05) is 23.4 Å². The van der Waals surface area contributed by atoms with E-state index in [1.165, 1.54) is 11.1 Å². The van der Waals surface area contributed by atoms with Gasteiger partial charge < -0.3 is 20.3 Å². The third kappa shape index (κ3) is 4.06. The van der Waals surface area contributed by atoms with Crippen LogP contribution in [-0.4, -0.2) is 34.3 Å². The Morgan fingerprint density at radius 3 is 2.73 bits per heavy atom. The standard InChI is InChI=1S/C18H20ClN5OS/c19-15-8-16(24-10-12-4-1-2-5-13(12)11-24)22-17(21-15)23-18(26)20-9-14-6-3-7-25-14/h1-2,4-5,8,14H,3,6-7,9-11H2,(H2,20,21,22,23,26). The topological polar surface area (TPSA) is 62.3 Å². The lowest BCUT2D eigenvalue weighted by Crippen LogP contribution is -2.35. The summed E-state index contributed by atoms with van der Waals surface area (Å²) in [6.45, 7) is 3.13. The van der Waals surface area contributed by atoms with Gasteiger partial charge in [-0.1, -0.05) is 35.9 Å². The SMILES string of the molecule is S=C(NCC1CCCO1)Nc1nc(Cl)cc(N2Cc3ccccc3C2)n1. The lowest BCUT2D eigenvalue weighted by Gasteiger charge is -2.18. The number of nitrogens with zero attached hydrogens (tertiary/aromatic N) is 3. The van der Waals surface area contributed by atoms with Crippen LogP contribution in [0.3, 0.4) is 0 Å². The van der Waals surface area contributed by atoms with Crippen LogP contribution in [0.15, 0.2) is 30.3 Å². The molecule has 1 fully saturated rings. The number of fused-ring (bicyclic) bond motifs is 1. The number of thiocarbonyl (C=S) groups is 1. The van der Waals surface area contributed by atoms with Gasteiger partial charge in [0, 0.05) is 32.3 Å². The Bertz CT molecular complexity index is 787. The number of benzene rings is 1. The molecule has 6 nitrogen and oxygen atoms in total. The van der Waals surface area contributed by atoms with E-state index < -0.39 is 0 Å². The number of hydrogen-bond acceptors (Lipinski definition) is 5. The Kier molecular flexibility index (Phi) is 5.19. The van der Waals surface area contributed by atoms with E-state index in [-0.39, 0.29) is 6.10 Å². The minimum Gasteiger partial charge on any atom is -0.376 e. The number of nitrogens with one attached hydrogen (secondary N) is 2. The molecule has 1 aromatic carbocycles. The Labute approximate surface area is 162 Å². The first-order chi connectivity index (χ1) is 12.7. The van der Waals surface area contributed by atoms with E-state index in [4.69, 9.17) is 28.6 Å². The predicted octanol–water partition coefficient (Wildman–Crippen LogP) is 3.12. The Balaban J connectivity index is 1.41. The molecule has 0 bridgehead atoms. The molecule has 1 aromatic heterocycles. The molecule has 1 unspecified atom stereocenters. The lowest BCUT2D eigenvalue weighted by atomic mass is 10.1. The van der Waals surface area contributed by atoms with Gasteiger partial charge in [0.1, 0.15) is 11.0 Å². The zero-order valence-electron chi connectivity index (χ0n) is 14.2. The Morgan fingerprint density at radius 1 is 1.27 bits per heavy atom. The zero-order chi connectivity index (χ0) is 17.9. The highest BCUT2D eigenvalue weighted by Gasteiger charge is 2.21. The smallest absolute Gasteiger partial charge is 0.232 e. The van der Waals surface area contributed by atoms with E-state index in [1.54, 1.807) is 6.07 Å². The fourth-order valence-electron chi connectivity index (χ4n) is 3.28. The molecule has 136 valence electrons. The van der Waals surface area contributed by atoms with Crippen molar-refractivity contribution in [1.29, 1.82) is 0 Å². The summed E-state index contributed by atoms with van der Waals surface area (Å²) in [5.41, 5.74) is 2.62. The Hall–Kier alpha value is -1.96. The quantitative estimate of drug-likeness (QED) is 0.615. The number of hydrogen-bond donors (Lipinski definition) is 2. The van der Waals surface area contributed by atoms with E-state index in [1.807, 2.05) is 0 Å². The molecular formula is C18H20ClN5OS. The van der Waals surface area contributed by atoms with Gasteiger partial charge in [-0.05, 0) is 36.2 Å². The molecule has 2 N–H and O–H groups in total. The predicted molar refractivity (Wildman–Crippen MR) is 107 cm³/mol. The van der Waals surface area contributed by atoms with Crippen LogP contribution in [0.4, 0.5) is 11.8 Å². The maximum Gasteiger partial charge on any atom is 0.232 e. The molecule has 3 heterocycles. The zero-order valence-corrected chi connectivity index (χ0v) is 15.8. The lowest BCUT2D eigenvalue weighted by molar-refractivity contribution is 0.114. The first-order valence-electron chi connectivity index (χ1n) is 8.70. The van der Waals surface area contributed by atoms with Gasteiger partial charge in [-0.15, -0.1) is 0 Å². The molecular weight excluding hydrogens is 370 g/mol. The third-order valence-electron chi connectivity index (χ3n) is 4.59. The second kappa shape index (κ2) is 7.73. The van der Waals surface area contributed by atoms with Crippen molar-refractivity contribution >= 4 is 40.7 Å². The molecule has 1 atom stereocenters. The summed E-state index contributed by atoms with van der Waals surface area (Å²) in [6.07, 6.45) is 2.38. The average Bonchev–Trinajstić information content (AvgIpc) is 3.29. The molecule has 2 aromatic rings. The van der Waals surface area contributed by atoms with E-state index >= 15 is 0 Å². The molecule has 0 aliphatic carbocycles. The summed E-state index contributed by atoms with van der Waals surface area (Å²) in [5, 5.41) is 7.03. The average molecular weight is 390 g/mol. The van der Waals surface area contributed by atoms with Gasteiger partial charge in [0.15, 0.2) is 5.11 Å². The van der Waals surface area contributed by atoms with Crippen LogP contribution in [0.2, 0.25) is 5.15 Å². The largest absolute Gasteiger partial charge is 0.376 e. The molecule has 2 aliphatic heterocycles. The molecule has 1 saturated heterocycles. The molecule has 4 rings (SSSR count). The second-order valence-corrected chi connectivity index (χ2v) is 7.26. The number of anilines is 2. The fraction of sp³-hybridized carbons (Fsp3) is 0.389. The van der Waals surface area contributed by atoms with Crippen molar-refractivity contribution in [2.24, 2.45) is 0 Å². The minimum absolute atomic E-state index is 0.216. The monoisotopic (exact) mass is 389 g/mol. The molecule has 26 heavy (non-hydrogen) atoms. The number of rotatable bonds is 4. The summed E-state index contributed by atoms with van der Waals surface area (Å²) in [5.74, 6) is 1.18. The van der Waals surface area contributed by atoms with Crippen LogP contribution >= 0.6 is 23.8 Å². The fourth-order valence-corrected chi connectivity index (χ4v) is 3.63. The first kappa shape index (κ1) is 17.5. The van der Waals surface area contributed by atoms with Gasteiger partial charge in [-0.25, -0.2) is 4.98 Å². The summed E-state index contributed by atoms with van der Waals surface area (Å²) >= 11 is 11.5. The highest BCUT2D eigenvalue weighted by molar-refractivity contribution is 7.80. The minimum atomic E-state index is 0.216. The summed E-state index contributed by atoms with van der Waals surface area (Å²) < 4.78 is 5.58. The van der Waals surface area contributed by atoms with E-state index in [0.29, 0.717) is 22.8 Å². The highest BCUT2D eigenvalue weighted by atomic mass is 35.5. The molecule has 2 aliphatic rings. The van der Waals surface area contributed by atoms with Crippen molar-refractivity contribution in [1.82, 2.24) is 15.3 Å². The van der Waals surface area contributed by atoms with Crippen LogP contribution < -0.4 is 15.5 Å². The van der Waals surface area contributed by atoms with Gasteiger partial charge in [0.2, 0.25) is 5.95 Å². The number of halogens is 1. The second-order valence-electron chi connectivity index (χ2n) is 6.47. The first-order valence-corrected chi connectivity index (χ1v) is 9.49. The summed E-state index contributed by atoms with van der Waals surface area (Å²) in [7, 11) is 0. The summed E-state index contributed by atoms with van der Waals surface area (Å²) in [6, 6.07) is 10.2. The highest BCUT2D eigenvalue weighted by Crippen LogP contribution is 2.28. The van der Waals surface area contributed by atoms with Gasteiger partial charge in [-0.2, -0.15) is 4.98 Å². The van der Waals surface area contributed by atoms with Gasteiger partial charge in [0.25, 0.3) is 0 Å². The van der Waals surface area contributed by atoms with Crippen molar-refractivity contribution in [3.8, 4) is 0 Å². The summed E-state index contributed by atoms with van der Waals surface area (Å²) in [4.78, 5) is 11.0. The molecule has 0 saturated carbocycles. The normalized spacial score (nSPS) is 18.7. The van der Waals surface area contributed by atoms with Crippen molar-refractivity contribution in [3.05, 3.63) is 46.6 Å². The van der Waals surface area contributed by atoms with E-state index in [0.717, 1.165) is 38.4 Å². The number of ether oxygens (including phenoxy) is 1. The maximum absolute atomic E-state index is 6.20. The van der Waals surface area contributed by atoms with Crippen molar-refractivity contribution in [3.63, 3.8) is 0 Å². The van der Waals surface area contributed by atoms with Gasteiger partial charge >= 0.3 is 0 Å². The van der Waals surface area contributed by atoms with E-state index in [9.17, 15) is 0 Å². The van der Waals surface area contributed by atoms with Gasteiger partial charge in [-0.3, -0.25) is 0 Å². The van der Waals surface area contributed by atoms with Crippen LogP contribution in [0.5, 0.6) is 0 Å². The van der Waals surface area contributed by atoms with Crippen molar-refractivity contribution in [2.45, 2.75) is 32.0 Å². The van der Waals surface area contributed by atoms with Crippen LogP contribution in [0.1, 0.15) is 24.0 Å². The molecule has 0 amide bonds. The van der Waals surface area contributed by atoms with Crippen LogP contribution in [0.25, 0.3) is 0 Å².